The largest absolute Gasteiger partial charge is 0.302 e. The first-order valence-electron chi connectivity index (χ1n) is 8.29. The van der Waals surface area contributed by atoms with E-state index >= 15 is 0 Å². The molecule has 2 fully saturated rings. The molecule has 0 aliphatic carbocycles. The molecule has 20 heavy (non-hydrogen) atoms. The van der Waals surface area contributed by atoms with E-state index in [1.165, 1.54) is 45.4 Å². The minimum atomic E-state index is -0.363. The van der Waals surface area contributed by atoms with E-state index in [2.05, 4.69) is 28.1 Å². The second-order valence-electron chi connectivity index (χ2n) is 6.61. The Morgan fingerprint density at radius 1 is 1.30 bits per heavy atom. The van der Waals surface area contributed by atoms with Gasteiger partial charge in [-0.15, -0.1) is 0 Å². The van der Waals surface area contributed by atoms with E-state index in [0.29, 0.717) is 0 Å². The summed E-state index contributed by atoms with van der Waals surface area (Å²) < 4.78 is 0. The van der Waals surface area contributed by atoms with Gasteiger partial charge in [-0.3, -0.25) is 10.2 Å². The quantitative estimate of drug-likeness (QED) is 0.805. The first-order valence-corrected chi connectivity index (χ1v) is 8.29. The molecule has 4 nitrogen and oxygen atoms in total. The highest BCUT2D eigenvalue weighted by atomic mass is 15.3. The molecule has 0 spiro atoms. The monoisotopic (exact) mass is 278 g/mol. The zero-order chi connectivity index (χ0) is 14.4. The van der Waals surface area contributed by atoms with Gasteiger partial charge in [-0.25, -0.2) is 0 Å². The van der Waals surface area contributed by atoms with E-state index < -0.39 is 0 Å². The normalized spacial score (nSPS) is 27.6. The predicted molar refractivity (Wildman–Crippen MR) is 82.6 cm³/mol. The van der Waals surface area contributed by atoms with Crippen molar-refractivity contribution in [3.63, 3.8) is 0 Å². The van der Waals surface area contributed by atoms with Crippen LogP contribution in [0.2, 0.25) is 0 Å². The van der Waals surface area contributed by atoms with Crippen LogP contribution in [0.5, 0.6) is 0 Å². The zero-order valence-electron chi connectivity index (χ0n) is 13.2. The van der Waals surface area contributed by atoms with E-state index in [4.69, 9.17) is 0 Å². The van der Waals surface area contributed by atoms with Crippen LogP contribution in [0.15, 0.2) is 0 Å². The fourth-order valence-electron chi connectivity index (χ4n) is 3.45. The Balaban J connectivity index is 1.81. The Kier molecular flexibility index (Phi) is 5.83. The van der Waals surface area contributed by atoms with Gasteiger partial charge in [0.2, 0.25) is 0 Å². The number of nitrogens with one attached hydrogen (secondary N) is 1. The molecule has 2 unspecified atom stereocenters. The van der Waals surface area contributed by atoms with Gasteiger partial charge in [0.1, 0.15) is 5.54 Å². The summed E-state index contributed by atoms with van der Waals surface area (Å²) in [5.41, 5.74) is -0.363. The maximum absolute atomic E-state index is 9.41. The van der Waals surface area contributed by atoms with Crippen LogP contribution in [-0.2, 0) is 0 Å². The number of nitriles is 1. The van der Waals surface area contributed by atoms with Gasteiger partial charge in [-0.05, 0) is 65.2 Å². The first kappa shape index (κ1) is 15.8. The van der Waals surface area contributed by atoms with Crippen LogP contribution in [0.25, 0.3) is 0 Å². The Morgan fingerprint density at radius 3 is 2.85 bits per heavy atom. The Hall–Kier alpha value is -0.630. The second-order valence-corrected chi connectivity index (χ2v) is 6.61. The van der Waals surface area contributed by atoms with Gasteiger partial charge in [-0.1, -0.05) is 6.92 Å². The molecule has 2 aliphatic heterocycles. The van der Waals surface area contributed by atoms with Crippen LogP contribution in [0.3, 0.4) is 0 Å². The van der Waals surface area contributed by atoms with Crippen molar-refractivity contribution >= 4 is 0 Å². The lowest BCUT2D eigenvalue weighted by Crippen LogP contribution is -2.45. The molecular formula is C16H30N4. The van der Waals surface area contributed by atoms with Crippen molar-refractivity contribution in [2.45, 2.75) is 57.5 Å². The number of rotatable bonds is 6. The van der Waals surface area contributed by atoms with E-state index in [-0.39, 0.29) is 5.54 Å². The number of hydrogen-bond acceptors (Lipinski definition) is 4. The molecule has 114 valence electrons. The third-order valence-corrected chi connectivity index (χ3v) is 4.83. The zero-order valence-corrected chi connectivity index (χ0v) is 13.2. The van der Waals surface area contributed by atoms with Crippen molar-refractivity contribution in [2.75, 3.05) is 39.3 Å². The lowest BCUT2D eigenvalue weighted by molar-refractivity contribution is 0.208. The lowest BCUT2D eigenvalue weighted by Gasteiger charge is -2.29. The van der Waals surface area contributed by atoms with Crippen molar-refractivity contribution in [2.24, 2.45) is 0 Å². The minimum absolute atomic E-state index is 0.363. The Bertz CT molecular complexity index is 338. The number of hydrogen-bond donors (Lipinski definition) is 1. The van der Waals surface area contributed by atoms with Crippen LogP contribution in [0.4, 0.5) is 0 Å². The molecule has 0 radical (unpaired) electrons. The maximum atomic E-state index is 9.41. The van der Waals surface area contributed by atoms with E-state index in [9.17, 15) is 5.26 Å². The molecule has 0 amide bonds. The van der Waals surface area contributed by atoms with Crippen LogP contribution in [0, 0.1) is 11.3 Å². The average molecular weight is 278 g/mol. The molecular weight excluding hydrogens is 248 g/mol. The molecule has 2 saturated heterocycles. The van der Waals surface area contributed by atoms with Crippen molar-refractivity contribution in [1.82, 2.24) is 15.1 Å². The molecule has 0 bridgehead atoms. The summed E-state index contributed by atoms with van der Waals surface area (Å²) in [6.07, 6.45) is 6.02. The van der Waals surface area contributed by atoms with Gasteiger partial charge in [0.05, 0.1) is 6.07 Å². The minimum Gasteiger partial charge on any atom is -0.302 e. The topological polar surface area (TPSA) is 42.3 Å². The highest BCUT2D eigenvalue weighted by Crippen LogP contribution is 2.22. The summed E-state index contributed by atoms with van der Waals surface area (Å²) in [5, 5.41) is 12.8. The number of nitrogens with zero attached hydrogens (tertiary/aromatic N) is 3. The molecule has 0 aromatic rings. The molecule has 2 rings (SSSR count). The molecule has 4 heteroatoms. The summed E-state index contributed by atoms with van der Waals surface area (Å²) in [5.74, 6) is 0. The maximum Gasteiger partial charge on any atom is 0.105 e. The second kappa shape index (κ2) is 7.40. The molecule has 1 N–H and O–H groups in total. The Morgan fingerprint density at radius 2 is 2.10 bits per heavy atom. The molecule has 0 saturated carbocycles. The van der Waals surface area contributed by atoms with Crippen molar-refractivity contribution in [1.29, 1.82) is 5.26 Å². The van der Waals surface area contributed by atoms with Crippen LogP contribution in [0.1, 0.15) is 46.0 Å². The highest BCUT2D eigenvalue weighted by Gasteiger charge is 2.30. The van der Waals surface area contributed by atoms with E-state index in [0.717, 1.165) is 32.0 Å². The summed E-state index contributed by atoms with van der Waals surface area (Å²) in [6, 6.07) is 3.24. The van der Waals surface area contributed by atoms with Crippen LogP contribution >= 0.6 is 0 Å². The van der Waals surface area contributed by atoms with Gasteiger partial charge in [0.25, 0.3) is 0 Å². The molecule has 2 aliphatic rings. The summed E-state index contributed by atoms with van der Waals surface area (Å²) in [4.78, 5) is 5.25. The molecule has 2 heterocycles. The first-order chi connectivity index (χ1) is 9.67. The average Bonchev–Trinajstić information content (AvgIpc) is 2.81. The third-order valence-electron chi connectivity index (χ3n) is 4.83. The fourth-order valence-corrected chi connectivity index (χ4v) is 3.45. The fraction of sp³-hybridized carbons (Fsp3) is 0.938. The smallest absolute Gasteiger partial charge is 0.105 e. The SMILES string of the molecule is CCCNC(C)(C#N)CCN1CCCN2CCCC2C1. The van der Waals surface area contributed by atoms with Crippen molar-refractivity contribution in [3.8, 4) is 6.07 Å². The highest BCUT2D eigenvalue weighted by molar-refractivity contribution is 5.04. The van der Waals surface area contributed by atoms with Crippen molar-refractivity contribution < 1.29 is 0 Å². The Labute approximate surface area is 124 Å². The third kappa shape index (κ3) is 4.18. The van der Waals surface area contributed by atoms with Crippen LogP contribution in [-0.4, -0.2) is 60.6 Å². The molecule has 0 aromatic heterocycles. The van der Waals surface area contributed by atoms with Gasteiger partial charge in [0, 0.05) is 19.1 Å². The van der Waals surface area contributed by atoms with Gasteiger partial charge < -0.3 is 4.90 Å². The van der Waals surface area contributed by atoms with E-state index in [1.54, 1.807) is 0 Å². The van der Waals surface area contributed by atoms with Crippen molar-refractivity contribution in [3.05, 3.63) is 0 Å². The summed E-state index contributed by atoms with van der Waals surface area (Å²) in [6.45, 7) is 11.1. The summed E-state index contributed by atoms with van der Waals surface area (Å²) in [7, 11) is 0. The molecule has 0 aromatic carbocycles. The lowest BCUT2D eigenvalue weighted by atomic mass is 9.99. The van der Waals surface area contributed by atoms with E-state index in [1.807, 2.05) is 6.92 Å². The number of fused-ring (bicyclic) bond motifs is 1. The van der Waals surface area contributed by atoms with Gasteiger partial charge in [0.15, 0.2) is 0 Å². The standard InChI is InChI=1S/C16H30N4/c1-3-8-18-16(2,14-17)7-12-19-9-5-11-20-10-4-6-15(20)13-19/h15,18H,3-13H2,1-2H3. The predicted octanol–water partition coefficient (Wildman–Crippen LogP) is 1.83. The molecule has 2 atom stereocenters. The summed E-state index contributed by atoms with van der Waals surface area (Å²) >= 11 is 0. The van der Waals surface area contributed by atoms with Gasteiger partial charge in [-0.2, -0.15) is 5.26 Å². The van der Waals surface area contributed by atoms with Gasteiger partial charge >= 0.3 is 0 Å². The van der Waals surface area contributed by atoms with Crippen LogP contribution < -0.4 is 5.32 Å².